The fourth-order valence-electron chi connectivity index (χ4n) is 2.65. The first-order valence-corrected chi connectivity index (χ1v) is 10.6. The summed E-state index contributed by atoms with van der Waals surface area (Å²) in [6.45, 7) is 10.8. The molecule has 0 fully saturated rings. The van der Waals surface area contributed by atoms with Crippen LogP contribution in [0.5, 0.6) is 0 Å². The van der Waals surface area contributed by atoms with Crippen molar-refractivity contribution in [3.8, 4) is 0 Å². The zero-order valence-corrected chi connectivity index (χ0v) is 17.0. The Morgan fingerprint density at radius 2 is 1.09 bits per heavy atom. The highest BCUT2D eigenvalue weighted by Crippen LogP contribution is 2.55. The van der Waals surface area contributed by atoms with Crippen molar-refractivity contribution in [3.05, 3.63) is 0 Å². The summed E-state index contributed by atoms with van der Waals surface area (Å²) >= 11 is 0. The third-order valence-corrected chi connectivity index (χ3v) is 5.60. The molecular weight excluding hydrogens is 313 g/mol. The first kappa shape index (κ1) is 25.3. The average molecular weight is 353 g/mol. The average Bonchev–Trinajstić information content (AvgIpc) is 2.49. The molecule has 0 amide bonds. The molecule has 0 aromatic rings. The molecule has 142 valence electrons. The van der Waals surface area contributed by atoms with Crippen LogP contribution < -0.4 is 6.15 Å². The van der Waals surface area contributed by atoms with Crippen LogP contribution in [-0.2, 0) is 18.1 Å². The predicted molar refractivity (Wildman–Crippen MR) is 98.3 cm³/mol. The highest BCUT2D eigenvalue weighted by atomic mass is 31.2. The molecule has 0 rings (SSSR count). The summed E-state index contributed by atoms with van der Waals surface area (Å²) in [5.41, 5.74) is -0.373. The van der Waals surface area contributed by atoms with E-state index in [1.54, 1.807) is 0 Å². The number of unbranched alkanes of at least 4 members (excludes halogenated alkanes) is 3. The van der Waals surface area contributed by atoms with Crippen LogP contribution in [0.4, 0.5) is 0 Å². The van der Waals surface area contributed by atoms with E-state index >= 15 is 0 Å². The second-order valence-electron chi connectivity index (χ2n) is 5.87. The quantitative estimate of drug-likeness (QED) is 0.333. The van der Waals surface area contributed by atoms with E-state index in [1.165, 1.54) is 0 Å². The van der Waals surface area contributed by atoms with Crippen molar-refractivity contribution in [2.24, 2.45) is 0 Å². The molecular formula is C17H40NO4P. The minimum Gasteiger partial charge on any atom is -0.344 e. The highest BCUT2D eigenvalue weighted by molar-refractivity contribution is 7.48. The second kappa shape index (κ2) is 14.4. The van der Waals surface area contributed by atoms with Crippen LogP contribution in [0.3, 0.4) is 0 Å². The Kier molecular flexibility index (Phi) is 15.9. The van der Waals surface area contributed by atoms with Gasteiger partial charge < -0.3 is 6.15 Å². The molecule has 0 aromatic heterocycles. The summed E-state index contributed by atoms with van der Waals surface area (Å²) in [6.07, 6.45) is 9.32. The van der Waals surface area contributed by atoms with E-state index in [0.29, 0.717) is 13.2 Å². The van der Waals surface area contributed by atoms with Crippen LogP contribution in [0.2, 0.25) is 0 Å². The summed E-state index contributed by atoms with van der Waals surface area (Å²) in [7, 11) is -3.46. The summed E-state index contributed by atoms with van der Waals surface area (Å²) in [5, 5.41) is 0. The van der Waals surface area contributed by atoms with Gasteiger partial charge in [0.15, 0.2) is 0 Å². The van der Waals surface area contributed by atoms with Crippen molar-refractivity contribution in [2.75, 3.05) is 13.2 Å². The van der Waals surface area contributed by atoms with Gasteiger partial charge in [-0.25, -0.2) is 4.57 Å². The van der Waals surface area contributed by atoms with Gasteiger partial charge in [0, 0.05) is 0 Å². The van der Waals surface area contributed by atoms with Crippen molar-refractivity contribution in [2.45, 2.75) is 98.0 Å². The fraction of sp³-hybridized carbons (Fsp3) is 1.00. The SMILES string of the molecule is CCCCC(CCCC)(CCCC)OP(=O)(OCC)OCC.N. The van der Waals surface area contributed by atoms with E-state index in [9.17, 15) is 4.57 Å². The van der Waals surface area contributed by atoms with Crippen molar-refractivity contribution in [3.63, 3.8) is 0 Å². The zero-order chi connectivity index (χ0) is 16.9. The fourth-order valence-corrected chi connectivity index (χ4v) is 4.21. The third kappa shape index (κ3) is 10.5. The molecule has 0 aliphatic rings. The normalized spacial score (nSPS) is 12.2. The van der Waals surface area contributed by atoms with Crippen LogP contribution in [0, 0.1) is 0 Å². The Labute approximate surface area is 144 Å². The van der Waals surface area contributed by atoms with E-state index < -0.39 is 7.82 Å². The van der Waals surface area contributed by atoms with Crippen molar-refractivity contribution in [1.29, 1.82) is 0 Å². The van der Waals surface area contributed by atoms with Crippen molar-refractivity contribution in [1.82, 2.24) is 6.15 Å². The molecule has 0 aliphatic carbocycles. The maximum atomic E-state index is 12.9. The van der Waals surface area contributed by atoms with Crippen molar-refractivity contribution >= 4 is 7.82 Å². The number of rotatable bonds is 15. The van der Waals surface area contributed by atoms with Crippen LogP contribution >= 0.6 is 7.82 Å². The number of phosphoric acid groups is 1. The lowest BCUT2D eigenvalue weighted by Crippen LogP contribution is -2.32. The Morgan fingerprint density at radius 1 is 0.739 bits per heavy atom. The molecule has 0 bridgehead atoms. The van der Waals surface area contributed by atoms with E-state index in [-0.39, 0.29) is 11.8 Å². The Balaban J connectivity index is 0. The largest absolute Gasteiger partial charge is 0.475 e. The minimum absolute atomic E-state index is 0. The van der Waals surface area contributed by atoms with E-state index in [1.807, 2.05) is 13.8 Å². The smallest absolute Gasteiger partial charge is 0.344 e. The topological polar surface area (TPSA) is 79.8 Å². The number of hydrogen-bond acceptors (Lipinski definition) is 5. The molecule has 5 nitrogen and oxygen atoms in total. The predicted octanol–water partition coefficient (Wildman–Crippen LogP) is 6.66. The molecule has 0 saturated carbocycles. The summed E-state index contributed by atoms with van der Waals surface area (Å²) in [4.78, 5) is 0. The number of hydrogen-bond donors (Lipinski definition) is 1. The molecule has 0 aromatic carbocycles. The summed E-state index contributed by atoms with van der Waals surface area (Å²) < 4.78 is 29.7. The Bertz CT molecular complexity index is 281. The molecule has 0 aliphatic heterocycles. The lowest BCUT2D eigenvalue weighted by Gasteiger charge is -2.36. The van der Waals surface area contributed by atoms with Gasteiger partial charge in [-0.3, -0.25) is 13.6 Å². The van der Waals surface area contributed by atoms with Crippen molar-refractivity contribution < 1.29 is 18.1 Å². The van der Waals surface area contributed by atoms with Gasteiger partial charge in [0.25, 0.3) is 0 Å². The van der Waals surface area contributed by atoms with Gasteiger partial charge in [-0.15, -0.1) is 0 Å². The Hall–Kier alpha value is 0.0700. The van der Waals surface area contributed by atoms with Gasteiger partial charge in [0.1, 0.15) is 0 Å². The monoisotopic (exact) mass is 353 g/mol. The maximum Gasteiger partial charge on any atom is 0.475 e. The van der Waals surface area contributed by atoms with Gasteiger partial charge >= 0.3 is 7.82 Å². The molecule has 0 heterocycles. The molecule has 6 heteroatoms. The zero-order valence-electron chi connectivity index (χ0n) is 16.1. The van der Waals surface area contributed by atoms with Gasteiger partial charge in [-0.2, -0.15) is 0 Å². The van der Waals surface area contributed by atoms with E-state index in [0.717, 1.165) is 57.8 Å². The molecule has 0 spiro atoms. The van der Waals surface area contributed by atoms with E-state index in [2.05, 4.69) is 20.8 Å². The van der Waals surface area contributed by atoms with Gasteiger partial charge in [0.2, 0.25) is 0 Å². The van der Waals surface area contributed by atoms with Crippen LogP contribution in [0.1, 0.15) is 92.4 Å². The summed E-state index contributed by atoms with van der Waals surface area (Å²) in [6, 6.07) is 0. The van der Waals surface area contributed by atoms with Gasteiger partial charge in [0.05, 0.1) is 18.8 Å². The lowest BCUT2D eigenvalue weighted by molar-refractivity contribution is -0.0111. The molecule has 0 unspecified atom stereocenters. The second-order valence-corrected chi connectivity index (χ2v) is 7.46. The highest BCUT2D eigenvalue weighted by Gasteiger charge is 2.39. The lowest BCUT2D eigenvalue weighted by atomic mass is 9.86. The summed E-state index contributed by atoms with van der Waals surface area (Å²) in [5.74, 6) is 0. The molecule has 0 saturated heterocycles. The van der Waals surface area contributed by atoms with Gasteiger partial charge in [-0.1, -0.05) is 59.3 Å². The molecule has 0 radical (unpaired) electrons. The Morgan fingerprint density at radius 3 is 1.35 bits per heavy atom. The third-order valence-electron chi connectivity index (χ3n) is 3.84. The first-order chi connectivity index (χ1) is 10.5. The molecule has 23 heavy (non-hydrogen) atoms. The molecule has 3 N–H and O–H groups in total. The molecule has 0 atom stereocenters. The first-order valence-electron chi connectivity index (χ1n) is 9.11. The maximum absolute atomic E-state index is 12.9. The standard InChI is InChI=1S/C17H37O4P.H3N/c1-6-11-14-17(15-12-7-2,16-13-8-3)21-22(18,19-9-4)20-10-5;/h6-16H2,1-5H3;1H3. The number of phosphoric ester groups is 1. The van der Waals surface area contributed by atoms with Crippen LogP contribution in [-0.4, -0.2) is 18.8 Å². The van der Waals surface area contributed by atoms with Gasteiger partial charge in [-0.05, 0) is 33.1 Å². The van der Waals surface area contributed by atoms with Crippen LogP contribution in [0.15, 0.2) is 0 Å². The minimum atomic E-state index is -3.46. The van der Waals surface area contributed by atoms with Crippen LogP contribution in [0.25, 0.3) is 0 Å². The van der Waals surface area contributed by atoms with E-state index in [4.69, 9.17) is 13.6 Å².